The highest BCUT2D eigenvalue weighted by atomic mass is 19.2. The van der Waals surface area contributed by atoms with Crippen LogP contribution in [0.4, 0.5) is 8.78 Å². The van der Waals surface area contributed by atoms with Gasteiger partial charge in [-0.2, -0.15) is 0 Å². The monoisotopic (exact) mass is 241 g/mol. The highest BCUT2D eigenvalue weighted by molar-refractivity contribution is 5.76. The fourth-order valence-corrected chi connectivity index (χ4v) is 1.54. The van der Waals surface area contributed by atoms with Crippen LogP contribution >= 0.6 is 0 Å². The van der Waals surface area contributed by atoms with Crippen LogP contribution in [-0.4, -0.2) is 5.91 Å². The average Bonchev–Trinajstić information content (AvgIpc) is 2.20. The van der Waals surface area contributed by atoms with Crippen molar-refractivity contribution in [3.8, 4) is 0 Å². The molecule has 1 amide bonds. The van der Waals surface area contributed by atoms with Crippen molar-refractivity contribution in [3.63, 3.8) is 0 Å². The third-order valence-electron chi connectivity index (χ3n) is 2.41. The number of carbonyl (C=O) groups is 1. The molecule has 0 aromatic heterocycles. The lowest BCUT2D eigenvalue weighted by Gasteiger charge is -2.15. The van der Waals surface area contributed by atoms with Gasteiger partial charge in [-0.1, -0.05) is 19.9 Å². The SMILES string of the molecule is CC(C)CC(=O)NC(C)c1ccc(F)c(F)c1. The van der Waals surface area contributed by atoms with E-state index in [0.29, 0.717) is 12.0 Å². The number of hydrogen-bond donors (Lipinski definition) is 1. The molecule has 0 aliphatic rings. The quantitative estimate of drug-likeness (QED) is 0.861. The van der Waals surface area contributed by atoms with Gasteiger partial charge in [-0.3, -0.25) is 4.79 Å². The predicted molar refractivity (Wildman–Crippen MR) is 62.4 cm³/mol. The van der Waals surface area contributed by atoms with E-state index in [2.05, 4.69) is 5.32 Å². The summed E-state index contributed by atoms with van der Waals surface area (Å²) < 4.78 is 25.7. The van der Waals surface area contributed by atoms with Crippen molar-refractivity contribution in [2.75, 3.05) is 0 Å². The number of hydrogen-bond acceptors (Lipinski definition) is 1. The topological polar surface area (TPSA) is 29.1 Å². The Balaban J connectivity index is 2.66. The van der Waals surface area contributed by atoms with Gasteiger partial charge in [0.25, 0.3) is 0 Å². The highest BCUT2D eigenvalue weighted by Crippen LogP contribution is 2.16. The summed E-state index contributed by atoms with van der Waals surface area (Å²) in [6.07, 6.45) is 0.425. The molecule has 1 aromatic carbocycles. The minimum Gasteiger partial charge on any atom is -0.350 e. The first kappa shape index (κ1) is 13.6. The fraction of sp³-hybridized carbons (Fsp3) is 0.462. The Morgan fingerprint density at radius 2 is 1.88 bits per heavy atom. The van der Waals surface area contributed by atoms with Crippen molar-refractivity contribution in [1.29, 1.82) is 0 Å². The maximum Gasteiger partial charge on any atom is 0.220 e. The van der Waals surface area contributed by atoms with Crippen LogP contribution in [0.3, 0.4) is 0 Å². The van der Waals surface area contributed by atoms with Crippen molar-refractivity contribution in [2.45, 2.75) is 33.2 Å². The second-order valence-corrected chi connectivity index (χ2v) is 4.56. The number of rotatable bonds is 4. The maximum atomic E-state index is 13.0. The van der Waals surface area contributed by atoms with Gasteiger partial charge in [-0.05, 0) is 30.5 Å². The Morgan fingerprint density at radius 1 is 1.24 bits per heavy atom. The molecule has 0 fully saturated rings. The van der Waals surface area contributed by atoms with Crippen molar-refractivity contribution < 1.29 is 13.6 Å². The number of nitrogens with one attached hydrogen (secondary N) is 1. The van der Waals surface area contributed by atoms with Gasteiger partial charge in [0.15, 0.2) is 11.6 Å². The standard InChI is InChI=1S/C13H17F2NO/c1-8(2)6-13(17)16-9(3)10-4-5-11(14)12(15)7-10/h4-5,7-9H,6H2,1-3H3,(H,16,17). The Morgan fingerprint density at radius 3 is 2.41 bits per heavy atom. The second-order valence-electron chi connectivity index (χ2n) is 4.56. The number of halogens is 2. The molecule has 0 saturated heterocycles. The zero-order chi connectivity index (χ0) is 13.0. The van der Waals surface area contributed by atoms with Crippen LogP contribution in [0.25, 0.3) is 0 Å². The summed E-state index contributed by atoms with van der Waals surface area (Å²) in [7, 11) is 0. The molecular weight excluding hydrogens is 224 g/mol. The van der Waals surface area contributed by atoms with E-state index in [9.17, 15) is 13.6 Å². The van der Waals surface area contributed by atoms with Crippen LogP contribution in [0.5, 0.6) is 0 Å². The van der Waals surface area contributed by atoms with Crippen molar-refractivity contribution >= 4 is 5.91 Å². The van der Waals surface area contributed by atoms with Gasteiger partial charge in [0.05, 0.1) is 6.04 Å². The first-order chi connectivity index (χ1) is 7.90. The number of amides is 1. The van der Waals surface area contributed by atoms with Gasteiger partial charge < -0.3 is 5.32 Å². The summed E-state index contributed by atoms with van der Waals surface area (Å²) in [4.78, 5) is 11.5. The fourth-order valence-electron chi connectivity index (χ4n) is 1.54. The lowest BCUT2D eigenvalue weighted by Crippen LogP contribution is -2.27. The molecule has 94 valence electrons. The molecule has 1 atom stereocenters. The van der Waals surface area contributed by atoms with Gasteiger partial charge in [-0.15, -0.1) is 0 Å². The molecule has 0 radical (unpaired) electrons. The van der Waals surface area contributed by atoms with E-state index in [4.69, 9.17) is 0 Å². The molecule has 1 rings (SSSR count). The molecule has 0 bridgehead atoms. The number of benzene rings is 1. The van der Waals surface area contributed by atoms with Gasteiger partial charge in [-0.25, -0.2) is 8.78 Å². The molecule has 0 saturated carbocycles. The molecule has 0 heterocycles. The van der Waals surface area contributed by atoms with Crippen LogP contribution in [0, 0.1) is 17.6 Å². The number of carbonyl (C=O) groups excluding carboxylic acids is 1. The zero-order valence-electron chi connectivity index (χ0n) is 10.3. The van der Waals surface area contributed by atoms with Crippen molar-refractivity contribution in [2.24, 2.45) is 5.92 Å². The summed E-state index contributed by atoms with van der Waals surface area (Å²) in [5.41, 5.74) is 0.556. The van der Waals surface area contributed by atoms with Crippen molar-refractivity contribution in [3.05, 3.63) is 35.4 Å². The average molecular weight is 241 g/mol. The molecule has 17 heavy (non-hydrogen) atoms. The Kier molecular flexibility index (Phi) is 4.61. The normalized spacial score (nSPS) is 12.6. The summed E-state index contributed by atoms with van der Waals surface area (Å²) in [6.45, 7) is 5.63. The van der Waals surface area contributed by atoms with E-state index in [0.717, 1.165) is 12.1 Å². The molecule has 0 aliphatic carbocycles. The largest absolute Gasteiger partial charge is 0.350 e. The van der Waals surface area contributed by atoms with Gasteiger partial charge in [0.1, 0.15) is 0 Å². The van der Waals surface area contributed by atoms with E-state index in [1.807, 2.05) is 13.8 Å². The maximum absolute atomic E-state index is 13.0. The van der Waals surface area contributed by atoms with Crippen LogP contribution in [-0.2, 0) is 4.79 Å². The Hall–Kier alpha value is -1.45. The van der Waals surface area contributed by atoms with E-state index in [1.165, 1.54) is 6.07 Å². The van der Waals surface area contributed by atoms with Crippen LogP contribution < -0.4 is 5.32 Å². The van der Waals surface area contributed by atoms with Gasteiger partial charge in [0.2, 0.25) is 5.91 Å². The zero-order valence-corrected chi connectivity index (χ0v) is 10.3. The lowest BCUT2D eigenvalue weighted by molar-refractivity contribution is -0.122. The third-order valence-corrected chi connectivity index (χ3v) is 2.41. The van der Waals surface area contributed by atoms with Gasteiger partial charge in [0, 0.05) is 6.42 Å². The molecule has 2 nitrogen and oxygen atoms in total. The van der Waals surface area contributed by atoms with E-state index >= 15 is 0 Å². The second kappa shape index (κ2) is 5.75. The first-order valence-corrected chi connectivity index (χ1v) is 5.64. The molecule has 0 spiro atoms. The molecule has 0 aliphatic heterocycles. The lowest BCUT2D eigenvalue weighted by atomic mass is 10.1. The smallest absolute Gasteiger partial charge is 0.220 e. The van der Waals surface area contributed by atoms with Crippen LogP contribution in [0.1, 0.15) is 38.8 Å². The van der Waals surface area contributed by atoms with E-state index < -0.39 is 11.6 Å². The summed E-state index contributed by atoms with van der Waals surface area (Å²) in [5.74, 6) is -1.59. The minimum absolute atomic E-state index is 0.0859. The Bertz CT molecular complexity index is 404. The van der Waals surface area contributed by atoms with Crippen molar-refractivity contribution in [1.82, 2.24) is 5.32 Å². The first-order valence-electron chi connectivity index (χ1n) is 5.64. The molecule has 1 unspecified atom stereocenters. The molecular formula is C13H17F2NO. The predicted octanol–water partition coefficient (Wildman–Crippen LogP) is 3.19. The van der Waals surface area contributed by atoms with Gasteiger partial charge >= 0.3 is 0 Å². The van der Waals surface area contributed by atoms with E-state index in [1.54, 1.807) is 6.92 Å². The molecule has 1 aromatic rings. The third kappa shape index (κ3) is 4.13. The Labute approximate surface area is 100 Å². The summed E-state index contributed by atoms with van der Waals surface area (Å²) in [6, 6.07) is 3.32. The molecule has 1 N–H and O–H groups in total. The molecule has 4 heteroatoms. The van der Waals surface area contributed by atoms with Crippen LogP contribution in [0.15, 0.2) is 18.2 Å². The minimum atomic E-state index is -0.896. The van der Waals surface area contributed by atoms with Crippen LogP contribution in [0.2, 0.25) is 0 Å². The summed E-state index contributed by atoms with van der Waals surface area (Å²) in [5, 5.41) is 2.75. The van der Waals surface area contributed by atoms with E-state index in [-0.39, 0.29) is 17.9 Å². The summed E-state index contributed by atoms with van der Waals surface area (Å²) >= 11 is 0. The highest BCUT2D eigenvalue weighted by Gasteiger charge is 2.12.